The quantitative estimate of drug-likeness (QED) is 0.537. The molecule has 2 aliphatic heterocycles. The Balaban J connectivity index is 1.77. The molecule has 0 amide bonds. The predicted octanol–water partition coefficient (Wildman–Crippen LogP) is 3.54. The Morgan fingerprint density at radius 1 is 1.19 bits per heavy atom. The summed E-state index contributed by atoms with van der Waals surface area (Å²) in [6.45, 7) is 0.923. The molecule has 90 valence electrons. The second-order valence-corrected chi connectivity index (χ2v) is 5.51. The maximum Gasteiger partial charge on any atom is 0.305 e. The second kappa shape index (κ2) is 5.74. The summed E-state index contributed by atoms with van der Waals surface area (Å²) in [5.41, 5.74) is 0. The molecule has 2 bridgehead atoms. The van der Waals surface area contributed by atoms with Crippen LogP contribution in [0.4, 0.5) is 0 Å². The zero-order valence-electron chi connectivity index (χ0n) is 10.4. The summed E-state index contributed by atoms with van der Waals surface area (Å²) in [5, 5.41) is 0. The molecule has 0 saturated carbocycles. The Kier molecular flexibility index (Phi) is 4.31. The molecule has 0 spiro atoms. The molecule has 16 heavy (non-hydrogen) atoms. The Morgan fingerprint density at radius 2 is 1.75 bits per heavy atom. The summed E-state index contributed by atoms with van der Waals surface area (Å²) < 4.78 is 4.69. The largest absolute Gasteiger partial charge is 0.469 e. The minimum atomic E-state index is -0.0408. The van der Waals surface area contributed by atoms with E-state index in [0.717, 1.165) is 24.8 Å². The lowest BCUT2D eigenvalue weighted by Crippen LogP contribution is -2.34. The summed E-state index contributed by atoms with van der Waals surface area (Å²) in [6, 6.07) is 0. The van der Waals surface area contributed by atoms with Crippen LogP contribution < -0.4 is 0 Å². The molecule has 0 aromatic heterocycles. The van der Waals surface area contributed by atoms with E-state index >= 15 is 0 Å². The van der Waals surface area contributed by atoms with Crippen molar-refractivity contribution in [1.82, 2.24) is 0 Å². The van der Waals surface area contributed by atoms with Gasteiger partial charge in [0, 0.05) is 6.42 Å². The third-order valence-corrected chi connectivity index (χ3v) is 4.66. The highest BCUT2D eigenvalue weighted by Gasteiger charge is 2.38. The number of fused-ring (bicyclic) bond motifs is 2. The van der Waals surface area contributed by atoms with Crippen molar-refractivity contribution in [3.8, 4) is 0 Å². The predicted molar refractivity (Wildman–Crippen MR) is 67.0 cm³/mol. The molecule has 0 unspecified atom stereocenters. The summed E-state index contributed by atoms with van der Waals surface area (Å²) in [5.74, 6) is 1.91. The summed E-state index contributed by atoms with van der Waals surface area (Å²) in [4.78, 5) is 11.1. The van der Waals surface area contributed by atoms with Gasteiger partial charge in [-0.25, -0.2) is 0 Å². The topological polar surface area (TPSA) is 26.3 Å². The molecule has 0 atom stereocenters. The summed E-state index contributed by atoms with van der Waals surface area (Å²) in [7, 11) is 1.48. The van der Waals surface area contributed by atoms with Crippen LogP contribution in [-0.2, 0) is 9.53 Å². The Bertz CT molecular complexity index is 220. The van der Waals surface area contributed by atoms with Gasteiger partial charge in [-0.3, -0.25) is 4.79 Å². The second-order valence-electron chi connectivity index (χ2n) is 5.51. The lowest BCUT2D eigenvalue weighted by atomic mass is 9.26. The number of rotatable bonds is 4. The summed E-state index contributed by atoms with van der Waals surface area (Å²) >= 11 is 0. The number of hydrogen-bond acceptors (Lipinski definition) is 2. The van der Waals surface area contributed by atoms with Crippen LogP contribution in [0.1, 0.15) is 51.4 Å². The van der Waals surface area contributed by atoms with Crippen LogP contribution in [0, 0.1) is 0 Å². The van der Waals surface area contributed by atoms with Crippen molar-refractivity contribution in [2.24, 2.45) is 0 Å². The molecule has 0 aromatic rings. The molecule has 2 nitrogen and oxygen atoms in total. The molecule has 0 N–H and O–H groups in total. The van der Waals surface area contributed by atoms with Crippen LogP contribution in [0.15, 0.2) is 0 Å². The number of carbonyl (C=O) groups excluding carboxylic acids is 1. The standard InChI is InChI=1S/C13H23BO2/c1-16-13(15)9-4-10-14-11-5-2-6-12(14)8-3-7-11/h11-12H,2-10H2,1H3. The fraction of sp³-hybridized carbons (Fsp3) is 0.923. The van der Waals surface area contributed by atoms with Gasteiger partial charge in [-0.05, 0) is 6.42 Å². The maximum absolute atomic E-state index is 11.1. The first-order valence-corrected chi connectivity index (χ1v) is 6.88. The third-order valence-electron chi connectivity index (χ3n) is 4.66. The lowest BCUT2D eigenvalue weighted by molar-refractivity contribution is -0.140. The first-order chi connectivity index (χ1) is 7.81. The molecule has 2 heterocycles. The van der Waals surface area contributed by atoms with Crippen molar-refractivity contribution in [2.45, 2.75) is 69.3 Å². The Morgan fingerprint density at radius 3 is 2.25 bits per heavy atom. The smallest absolute Gasteiger partial charge is 0.305 e. The van der Waals surface area contributed by atoms with Crippen LogP contribution in [0.3, 0.4) is 0 Å². The van der Waals surface area contributed by atoms with Crippen molar-refractivity contribution in [3.05, 3.63) is 0 Å². The molecule has 2 fully saturated rings. The monoisotopic (exact) mass is 222 g/mol. The average molecular weight is 222 g/mol. The normalized spacial score (nSPS) is 28.9. The van der Waals surface area contributed by atoms with E-state index < -0.39 is 0 Å². The molecule has 0 radical (unpaired) electrons. The van der Waals surface area contributed by atoms with Crippen molar-refractivity contribution >= 4 is 12.7 Å². The lowest BCUT2D eigenvalue weighted by Gasteiger charge is -2.40. The molecule has 3 heteroatoms. The number of ether oxygens (including phenoxy) is 1. The minimum Gasteiger partial charge on any atom is -0.469 e. The van der Waals surface area contributed by atoms with Crippen molar-refractivity contribution in [3.63, 3.8) is 0 Å². The van der Waals surface area contributed by atoms with Gasteiger partial charge in [-0.15, -0.1) is 0 Å². The van der Waals surface area contributed by atoms with Gasteiger partial charge in [0.25, 0.3) is 0 Å². The van der Waals surface area contributed by atoms with Gasteiger partial charge in [-0.1, -0.05) is 56.5 Å². The van der Waals surface area contributed by atoms with E-state index in [9.17, 15) is 4.79 Å². The molecule has 2 rings (SSSR count). The van der Waals surface area contributed by atoms with E-state index in [4.69, 9.17) is 4.74 Å². The van der Waals surface area contributed by atoms with Gasteiger partial charge in [0.05, 0.1) is 7.11 Å². The van der Waals surface area contributed by atoms with E-state index in [1.807, 2.05) is 0 Å². The SMILES string of the molecule is COC(=O)CCCB1C2CCCC1CCC2. The minimum absolute atomic E-state index is 0.0408. The van der Waals surface area contributed by atoms with Crippen LogP contribution in [0.25, 0.3) is 0 Å². The van der Waals surface area contributed by atoms with Gasteiger partial charge in [0.15, 0.2) is 0 Å². The van der Waals surface area contributed by atoms with E-state index in [1.165, 1.54) is 52.0 Å². The van der Waals surface area contributed by atoms with Crippen LogP contribution in [0.5, 0.6) is 0 Å². The van der Waals surface area contributed by atoms with Gasteiger partial charge >= 0.3 is 5.97 Å². The third kappa shape index (κ3) is 2.80. The molecule has 2 saturated heterocycles. The van der Waals surface area contributed by atoms with Crippen molar-refractivity contribution in [1.29, 1.82) is 0 Å². The van der Waals surface area contributed by atoms with Crippen molar-refractivity contribution in [2.75, 3.05) is 7.11 Å². The molecule has 2 aliphatic rings. The van der Waals surface area contributed by atoms with Crippen LogP contribution in [-0.4, -0.2) is 19.8 Å². The van der Waals surface area contributed by atoms with Crippen LogP contribution >= 0.6 is 0 Å². The molecule has 0 aliphatic carbocycles. The number of esters is 1. The first-order valence-electron chi connectivity index (χ1n) is 6.88. The molecular formula is C13H23BO2. The van der Waals surface area contributed by atoms with Gasteiger partial charge in [0.2, 0.25) is 0 Å². The van der Waals surface area contributed by atoms with E-state index in [2.05, 4.69) is 0 Å². The van der Waals surface area contributed by atoms with Gasteiger partial charge in [-0.2, -0.15) is 0 Å². The van der Waals surface area contributed by atoms with Crippen LogP contribution in [0.2, 0.25) is 18.0 Å². The Labute approximate surface area is 99.2 Å². The van der Waals surface area contributed by atoms with Gasteiger partial charge in [0.1, 0.15) is 6.71 Å². The highest BCUT2D eigenvalue weighted by molar-refractivity contribution is 6.62. The van der Waals surface area contributed by atoms with E-state index in [0.29, 0.717) is 6.42 Å². The van der Waals surface area contributed by atoms with Crippen molar-refractivity contribution < 1.29 is 9.53 Å². The highest BCUT2D eigenvalue weighted by Crippen LogP contribution is 2.48. The van der Waals surface area contributed by atoms with E-state index in [-0.39, 0.29) is 5.97 Å². The molecule has 0 aromatic carbocycles. The maximum atomic E-state index is 11.1. The zero-order chi connectivity index (χ0) is 11.4. The average Bonchev–Trinajstić information content (AvgIpc) is 2.28. The van der Waals surface area contributed by atoms with Gasteiger partial charge < -0.3 is 4.74 Å². The Hall–Kier alpha value is -0.465. The fourth-order valence-corrected chi connectivity index (χ4v) is 3.87. The summed E-state index contributed by atoms with van der Waals surface area (Å²) in [6.07, 6.45) is 11.6. The number of methoxy groups -OCH3 is 1. The zero-order valence-corrected chi connectivity index (χ0v) is 10.4. The number of carbonyl (C=O) groups is 1. The number of hydrogen-bond donors (Lipinski definition) is 0. The molecular weight excluding hydrogens is 199 g/mol. The highest BCUT2D eigenvalue weighted by atomic mass is 16.5. The fourth-order valence-electron chi connectivity index (χ4n) is 3.87. The van der Waals surface area contributed by atoms with E-state index in [1.54, 1.807) is 0 Å². The first kappa shape index (κ1) is 12.0.